The molecular formula is C2H2B2O. The predicted molar refractivity (Wildman–Crippen MR) is 21.3 cm³/mol. The van der Waals surface area contributed by atoms with E-state index in [-0.39, 0.29) is 0 Å². The van der Waals surface area contributed by atoms with Gasteiger partial charge in [-0.3, -0.25) is 0 Å². The lowest BCUT2D eigenvalue weighted by Crippen LogP contribution is -1.88. The van der Waals surface area contributed by atoms with Crippen molar-refractivity contribution in [1.29, 1.82) is 0 Å². The van der Waals surface area contributed by atoms with Gasteiger partial charge in [0.15, 0.2) is 0 Å². The first-order valence-electron chi connectivity index (χ1n) is 1.24. The first-order valence-corrected chi connectivity index (χ1v) is 1.24. The molecule has 0 bridgehead atoms. The molecule has 0 aromatic heterocycles. The topological polar surface area (TPSA) is 17.1 Å². The van der Waals surface area contributed by atoms with Crippen LogP contribution in [0.4, 0.5) is 0 Å². The molecule has 0 aliphatic heterocycles. The van der Waals surface area contributed by atoms with Gasteiger partial charge in [0.05, 0.1) is 15.7 Å². The van der Waals surface area contributed by atoms with Crippen LogP contribution in [0.2, 0.25) is 5.72 Å². The number of hydrogen-bond acceptors (Lipinski definition) is 1. The van der Waals surface area contributed by atoms with E-state index in [9.17, 15) is 4.79 Å². The minimum absolute atomic E-state index is 0.472. The second-order valence-corrected chi connectivity index (χ2v) is 0.713. The molecular weight excluding hydrogens is 61.6 g/mol. The Morgan fingerprint density at radius 2 is 1.80 bits per heavy atom. The maximum absolute atomic E-state index is 9.25. The first-order chi connectivity index (χ1) is 2.27. The van der Waals surface area contributed by atoms with Crippen LogP contribution in [0.3, 0.4) is 0 Å². The molecule has 22 valence electrons. The van der Waals surface area contributed by atoms with E-state index < -0.39 is 5.72 Å². The van der Waals surface area contributed by atoms with E-state index in [0.717, 1.165) is 0 Å². The number of carbonyl (C=O) groups is 1. The molecule has 0 spiro atoms. The molecule has 1 nitrogen and oxygen atoms in total. The Morgan fingerprint density at radius 1 is 1.60 bits per heavy atom. The summed E-state index contributed by atoms with van der Waals surface area (Å²) in [6.45, 7) is 0. The zero-order chi connectivity index (χ0) is 4.28. The van der Waals surface area contributed by atoms with E-state index in [1.807, 2.05) is 0 Å². The molecule has 0 rings (SSSR count). The van der Waals surface area contributed by atoms with Crippen LogP contribution in [0.15, 0.2) is 0 Å². The highest BCUT2D eigenvalue weighted by atomic mass is 16.1. The second-order valence-electron chi connectivity index (χ2n) is 0.713. The highest BCUT2D eigenvalue weighted by Crippen LogP contribution is 1.73. The van der Waals surface area contributed by atoms with Crippen molar-refractivity contribution in [3.8, 4) is 0 Å². The Hall–Kier alpha value is -0.200. The largest absolute Gasteiger partial charge is 0.305 e. The molecule has 0 amide bonds. The molecule has 0 aromatic rings. The Balaban J connectivity index is 2.83. The Kier molecular flexibility index (Phi) is 1.98. The van der Waals surface area contributed by atoms with Gasteiger partial charge < -0.3 is 4.79 Å². The van der Waals surface area contributed by atoms with Crippen LogP contribution in [0.25, 0.3) is 0 Å². The summed E-state index contributed by atoms with van der Waals surface area (Å²) in [7, 11) is 9.40. The van der Waals surface area contributed by atoms with Crippen molar-refractivity contribution < 1.29 is 4.79 Å². The lowest BCUT2D eigenvalue weighted by Gasteiger charge is -1.78. The minimum Gasteiger partial charge on any atom is -0.305 e. The Bertz CT molecular complexity index is 34.6. The van der Waals surface area contributed by atoms with E-state index >= 15 is 0 Å². The fraction of sp³-hybridized carbons (Fsp3) is 0.500. The summed E-state index contributed by atoms with van der Waals surface area (Å²) in [5.41, 5.74) is -0.796. The standard InChI is InChI=1S/C2H2B2O/c3-2(4)1-5/h1-2H. The lowest BCUT2D eigenvalue weighted by molar-refractivity contribution is -0.106. The molecule has 0 aliphatic carbocycles. The van der Waals surface area contributed by atoms with Gasteiger partial charge in [0.2, 0.25) is 0 Å². The summed E-state index contributed by atoms with van der Waals surface area (Å²) in [4.78, 5) is 9.25. The summed E-state index contributed by atoms with van der Waals surface area (Å²) in [6, 6.07) is 0. The number of rotatable bonds is 1. The van der Waals surface area contributed by atoms with Crippen molar-refractivity contribution in [2.24, 2.45) is 0 Å². The monoisotopic (exact) mass is 64.0 g/mol. The van der Waals surface area contributed by atoms with E-state index in [1.54, 1.807) is 0 Å². The SMILES string of the molecule is [B]C([B])C=O. The van der Waals surface area contributed by atoms with Crippen LogP contribution in [-0.2, 0) is 4.79 Å². The molecule has 0 fully saturated rings. The Labute approximate surface area is 33.6 Å². The van der Waals surface area contributed by atoms with Gasteiger partial charge in [0, 0.05) is 0 Å². The maximum Gasteiger partial charge on any atom is 0.106 e. The van der Waals surface area contributed by atoms with E-state index in [1.165, 1.54) is 0 Å². The van der Waals surface area contributed by atoms with Crippen LogP contribution in [0, 0.1) is 0 Å². The normalized spacial score (nSPS) is 8.20. The van der Waals surface area contributed by atoms with Crippen LogP contribution in [0.1, 0.15) is 0 Å². The number of carbonyl (C=O) groups excluding carboxylic acids is 1. The van der Waals surface area contributed by atoms with Gasteiger partial charge in [-0.2, -0.15) is 0 Å². The van der Waals surface area contributed by atoms with Crippen molar-refractivity contribution in [3.63, 3.8) is 0 Å². The molecule has 0 N–H and O–H groups in total. The van der Waals surface area contributed by atoms with Crippen molar-refractivity contribution >= 4 is 22.0 Å². The average molecular weight is 63.7 g/mol. The van der Waals surface area contributed by atoms with Gasteiger partial charge in [-0.15, -0.1) is 0 Å². The number of hydrogen-bond donors (Lipinski definition) is 0. The molecule has 3 heteroatoms. The summed E-state index contributed by atoms with van der Waals surface area (Å²) < 4.78 is 0. The first kappa shape index (κ1) is 4.80. The van der Waals surface area contributed by atoms with Gasteiger partial charge >= 0.3 is 0 Å². The number of aldehydes is 1. The highest BCUT2D eigenvalue weighted by Gasteiger charge is 1.79. The van der Waals surface area contributed by atoms with Crippen molar-refractivity contribution in [2.45, 2.75) is 5.72 Å². The average Bonchev–Trinajstić information content (AvgIpc) is 1.38. The van der Waals surface area contributed by atoms with Gasteiger partial charge in [0.1, 0.15) is 6.29 Å². The molecule has 0 aliphatic rings. The summed E-state index contributed by atoms with van der Waals surface area (Å²) in [6.07, 6.45) is 0.472. The molecule has 0 saturated carbocycles. The van der Waals surface area contributed by atoms with Crippen LogP contribution in [-0.4, -0.2) is 22.0 Å². The van der Waals surface area contributed by atoms with Crippen molar-refractivity contribution in [2.75, 3.05) is 0 Å². The Morgan fingerprint density at radius 3 is 1.80 bits per heavy atom. The van der Waals surface area contributed by atoms with Gasteiger partial charge in [0.25, 0.3) is 0 Å². The zero-order valence-electron chi connectivity index (χ0n) is 2.72. The molecule has 0 saturated heterocycles. The lowest BCUT2D eigenvalue weighted by atomic mass is 9.72. The third kappa shape index (κ3) is 3.80. The molecule has 0 heterocycles. The molecule has 0 aromatic carbocycles. The van der Waals surface area contributed by atoms with Crippen molar-refractivity contribution in [1.82, 2.24) is 0 Å². The molecule has 5 heavy (non-hydrogen) atoms. The van der Waals surface area contributed by atoms with Gasteiger partial charge in [-0.05, 0) is 0 Å². The van der Waals surface area contributed by atoms with E-state index in [2.05, 4.69) is 0 Å². The zero-order valence-corrected chi connectivity index (χ0v) is 2.72. The fourth-order valence-electron chi connectivity index (χ4n) is 0. The molecule has 4 radical (unpaired) electrons. The van der Waals surface area contributed by atoms with Crippen molar-refractivity contribution in [3.05, 3.63) is 0 Å². The summed E-state index contributed by atoms with van der Waals surface area (Å²) in [5, 5.41) is 0. The molecule has 0 atom stereocenters. The predicted octanol–water partition coefficient (Wildman–Crippen LogP) is -0.732. The molecule has 0 unspecified atom stereocenters. The second kappa shape index (κ2) is 2.06. The third-order valence-electron chi connectivity index (χ3n) is 0.157. The summed E-state index contributed by atoms with van der Waals surface area (Å²) >= 11 is 0. The highest BCUT2D eigenvalue weighted by molar-refractivity contribution is 6.43. The minimum atomic E-state index is -0.796. The smallest absolute Gasteiger partial charge is 0.106 e. The maximum atomic E-state index is 9.25. The van der Waals surface area contributed by atoms with Gasteiger partial charge in [-0.25, -0.2) is 0 Å². The van der Waals surface area contributed by atoms with Crippen LogP contribution in [0.5, 0.6) is 0 Å². The van der Waals surface area contributed by atoms with Crippen LogP contribution >= 0.6 is 0 Å². The van der Waals surface area contributed by atoms with Crippen LogP contribution < -0.4 is 0 Å². The van der Waals surface area contributed by atoms with Gasteiger partial charge in [-0.1, -0.05) is 5.72 Å². The fourth-order valence-corrected chi connectivity index (χ4v) is 0. The third-order valence-corrected chi connectivity index (χ3v) is 0.157. The quantitative estimate of drug-likeness (QED) is 0.290. The van der Waals surface area contributed by atoms with E-state index in [4.69, 9.17) is 15.7 Å². The van der Waals surface area contributed by atoms with E-state index in [0.29, 0.717) is 6.29 Å². The summed E-state index contributed by atoms with van der Waals surface area (Å²) in [5.74, 6) is 0.